The van der Waals surface area contributed by atoms with E-state index in [1.54, 1.807) is 18.3 Å². The van der Waals surface area contributed by atoms with Crippen molar-refractivity contribution in [2.24, 2.45) is 0 Å². The van der Waals surface area contributed by atoms with Crippen LogP contribution < -0.4 is 15.2 Å². The Kier molecular flexibility index (Phi) is 4.29. The molecule has 0 aliphatic carbocycles. The fourth-order valence-corrected chi connectivity index (χ4v) is 2.73. The number of rotatable bonds is 3. The van der Waals surface area contributed by atoms with E-state index in [0.29, 0.717) is 11.4 Å². The number of hydrogen-bond donors (Lipinski definition) is 1. The average molecular weight is 324 g/mol. The molecule has 1 aliphatic heterocycles. The standard InChI is InChI=1S/C15H15ClFN3O2/c16-14-13(9-18-19-15(14)21)20-7-5-12(6-8-20)22-11-3-1-10(17)2-4-11/h1-4,9,12H,5-8H2,(H,19,21). The van der Waals surface area contributed by atoms with Gasteiger partial charge in [0, 0.05) is 25.9 Å². The summed E-state index contributed by atoms with van der Waals surface area (Å²) in [6, 6.07) is 6.01. The molecule has 1 N–H and O–H groups in total. The summed E-state index contributed by atoms with van der Waals surface area (Å²) in [5.74, 6) is 0.384. The van der Waals surface area contributed by atoms with E-state index in [1.807, 2.05) is 4.90 Å². The largest absolute Gasteiger partial charge is 0.490 e. The normalized spacial score (nSPS) is 15.8. The van der Waals surface area contributed by atoms with Crippen molar-refractivity contribution < 1.29 is 9.13 Å². The molecule has 2 heterocycles. The molecular weight excluding hydrogens is 309 g/mol. The highest BCUT2D eigenvalue weighted by atomic mass is 35.5. The van der Waals surface area contributed by atoms with Crippen LogP contribution in [0.25, 0.3) is 0 Å². The summed E-state index contributed by atoms with van der Waals surface area (Å²) in [4.78, 5) is 13.5. The molecule has 0 unspecified atom stereocenters. The van der Waals surface area contributed by atoms with Gasteiger partial charge in [-0.05, 0) is 24.3 Å². The summed E-state index contributed by atoms with van der Waals surface area (Å²) in [6.45, 7) is 1.44. The summed E-state index contributed by atoms with van der Waals surface area (Å²) in [6.07, 6.45) is 3.21. The molecule has 0 bridgehead atoms. The number of aromatic nitrogens is 2. The second-order valence-electron chi connectivity index (χ2n) is 5.16. The first-order valence-electron chi connectivity index (χ1n) is 7.04. The number of benzene rings is 1. The van der Waals surface area contributed by atoms with E-state index in [9.17, 15) is 9.18 Å². The van der Waals surface area contributed by atoms with Gasteiger partial charge < -0.3 is 9.64 Å². The van der Waals surface area contributed by atoms with Gasteiger partial charge in [0.1, 0.15) is 22.7 Å². The van der Waals surface area contributed by atoms with Gasteiger partial charge in [-0.25, -0.2) is 9.49 Å². The molecule has 116 valence electrons. The van der Waals surface area contributed by atoms with E-state index in [0.717, 1.165) is 25.9 Å². The topological polar surface area (TPSA) is 58.2 Å². The fraction of sp³-hybridized carbons (Fsp3) is 0.333. The molecule has 1 aromatic heterocycles. The molecule has 3 rings (SSSR count). The number of anilines is 1. The second-order valence-corrected chi connectivity index (χ2v) is 5.53. The minimum absolute atomic E-state index is 0.0652. The van der Waals surface area contributed by atoms with Gasteiger partial charge in [-0.15, -0.1) is 0 Å². The van der Waals surface area contributed by atoms with Crippen molar-refractivity contribution in [1.29, 1.82) is 0 Å². The molecule has 5 nitrogen and oxygen atoms in total. The molecule has 0 saturated carbocycles. The number of ether oxygens (including phenoxy) is 1. The quantitative estimate of drug-likeness (QED) is 0.943. The maximum atomic E-state index is 12.9. The molecule has 1 aliphatic rings. The van der Waals surface area contributed by atoms with E-state index >= 15 is 0 Å². The van der Waals surface area contributed by atoms with Gasteiger partial charge in [0.2, 0.25) is 0 Å². The summed E-state index contributed by atoms with van der Waals surface area (Å²) < 4.78 is 18.7. The monoisotopic (exact) mass is 323 g/mol. The Morgan fingerprint density at radius 1 is 1.27 bits per heavy atom. The lowest BCUT2D eigenvalue weighted by Crippen LogP contribution is -2.39. The van der Waals surface area contributed by atoms with Gasteiger partial charge in [-0.2, -0.15) is 5.10 Å². The molecule has 22 heavy (non-hydrogen) atoms. The molecule has 7 heteroatoms. The third-order valence-electron chi connectivity index (χ3n) is 3.68. The minimum Gasteiger partial charge on any atom is -0.490 e. The Labute approximate surface area is 131 Å². The number of nitrogens with zero attached hydrogens (tertiary/aromatic N) is 2. The first-order chi connectivity index (χ1) is 10.6. The molecule has 0 radical (unpaired) electrons. The van der Waals surface area contributed by atoms with Crippen LogP contribution in [-0.2, 0) is 0 Å². The number of halogens is 2. The maximum absolute atomic E-state index is 12.9. The molecule has 1 saturated heterocycles. The van der Waals surface area contributed by atoms with Crippen LogP contribution in [-0.4, -0.2) is 29.4 Å². The van der Waals surface area contributed by atoms with E-state index in [1.165, 1.54) is 12.1 Å². The van der Waals surface area contributed by atoms with Crippen molar-refractivity contribution in [3.63, 3.8) is 0 Å². The van der Waals surface area contributed by atoms with Gasteiger partial charge in [0.05, 0.1) is 11.9 Å². The van der Waals surface area contributed by atoms with Crippen molar-refractivity contribution in [1.82, 2.24) is 10.2 Å². The molecule has 2 aromatic rings. The third kappa shape index (κ3) is 3.22. The summed E-state index contributed by atoms with van der Waals surface area (Å²) in [5, 5.41) is 6.25. The van der Waals surface area contributed by atoms with Crippen molar-refractivity contribution in [2.45, 2.75) is 18.9 Å². The third-order valence-corrected chi connectivity index (χ3v) is 4.04. The average Bonchev–Trinajstić information content (AvgIpc) is 2.53. The second kappa shape index (κ2) is 6.36. The van der Waals surface area contributed by atoms with Gasteiger partial charge in [0.25, 0.3) is 5.56 Å². The van der Waals surface area contributed by atoms with Crippen LogP contribution in [0.1, 0.15) is 12.8 Å². The minimum atomic E-state index is -0.385. The molecular formula is C15H15ClFN3O2. The first-order valence-corrected chi connectivity index (χ1v) is 7.41. The van der Waals surface area contributed by atoms with Gasteiger partial charge in [0.15, 0.2) is 0 Å². The Bertz CT molecular complexity index is 697. The van der Waals surface area contributed by atoms with Gasteiger partial charge >= 0.3 is 0 Å². The van der Waals surface area contributed by atoms with E-state index in [4.69, 9.17) is 16.3 Å². The van der Waals surface area contributed by atoms with Crippen LogP contribution in [0.3, 0.4) is 0 Å². The zero-order valence-electron chi connectivity index (χ0n) is 11.8. The Balaban J connectivity index is 1.61. The Morgan fingerprint density at radius 2 is 1.95 bits per heavy atom. The smallest absolute Gasteiger partial charge is 0.285 e. The summed E-state index contributed by atoms with van der Waals surface area (Å²) >= 11 is 6.02. The van der Waals surface area contributed by atoms with Crippen molar-refractivity contribution >= 4 is 17.3 Å². The van der Waals surface area contributed by atoms with Crippen LogP contribution >= 0.6 is 11.6 Å². The molecule has 0 amide bonds. The van der Waals surface area contributed by atoms with Crippen LogP contribution in [0.5, 0.6) is 5.75 Å². The van der Waals surface area contributed by atoms with Crippen molar-refractivity contribution in [3.05, 3.63) is 51.7 Å². The number of aromatic amines is 1. The van der Waals surface area contributed by atoms with Crippen LogP contribution in [0.15, 0.2) is 35.3 Å². The first kappa shape index (κ1) is 14.8. The molecule has 0 spiro atoms. The van der Waals surface area contributed by atoms with E-state index < -0.39 is 0 Å². The number of nitrogens with one attached hydrogen (secondary N) is 1. The van der Waals surface area contributed by atoms with Crippen LogP contribution in [0.4, 0.5) is 10.1 Å². The fourth-order valence-electron chi connectivity index (χ4n) is 2.51. The van der Waals surface area contributed by atoms with Crippen LogP contribution in [0, 0.1) is 5.82 Å². The van der Waals surface area contributed by atoms with Crippen molar-refractivity contribution in [2.75, 3.05) is 18.0 Å². The lowest BCUT2D eigenvalue weighted by molar-refractivity contribution is 0.171. The highest BCUT2D eigenvalue weighted by molar-refractivity contribution is 6.32. The SMILES string of the molecule is O=c1[nH]ncc(N2CCC(Oc3ccc(F)cc3)CC2)c1Cl. The zero-order valence-corrected chi connectivity index (χ0v) is 12.5. The predicted molar refractivity (Wildman–Crippen MR) is 82.1 cm³/mol. The summed E-state index contributed by atoms with van der Waals surface area (Å²) in [7, 11) is 0. The van der Waals surface area contributed by atoms with E-state index in [2.05, 4.69) is 10.2 Å². The maximum Gasteiger partial charge on any atom is 0.285 e. The van der Waals surface area contributed by atoms with E-state index in [-0.39, 0.29) is 22.5 Å². The highest BCUT2D eigenvalue weighted by Crippen LogP contribution is 2.26. The lowest BCUT2D eigenvalue weighted by atomic mass is 10.1. The number of piperidine rings is 1. The van der Waals surface area contributed by atoms with Crippen molar-refractivity contribution in [3.8, 4) is 5.75 Å². The highest BCUT2D eigenvalue weighted by Gasteiger charge is 2.23. The lowest BCUT2D eigenvalue weighted by Gasteiger charge is -2.33. The number of H-pyrrole nitrogens is 1. The molecule has 1 aromatic carbocycles. The predicted octanol–water partition coefficient (Wildman–Crippen LogP) is 2.61. The summed E-state index contributed by atoms with van der Waals surface area (Å²) in [5.41, 5.74) is 0.259. The Hall–Kier alpha value is -2.08. The molecule has 0 atom stereocenters. The number of hydrogen-bond acceptors (Lipinski definition) is 4. The zero-order chi connectivity index (χ0) is 15.5. The Morgan fingerprint density at radius 3 is 2.64 bits per heavy atom. The van der Waals surface area contributed by atoms with Gasteiger partial charge in [-0.1, -0.05) is 11.6 Å². The van der Waals surface area contributed by atoms with Gasteiger partial charge in [-0.3, -0.25) is 4.79 Å². The molecule has 1 fully saturated rings. The van der Waals surface area contributed by atoms with Crippen LogP contribution in [0.2, 0.25) is 5.02 Å².